The minimum absolute atomic E-state index is 0.0404. The van der Waals surface area contributed by atoms with Crippen LogP contribution in [0.3, 0.4) is 0 Å². The molecular formula is C24H19F6N7O3S. The zero-order valence-corrected chi connectivity index (χ0v) is 21.5. The van der Waals surface area contributed by atoms with Gasteiger partial charge in [0.2, 0.25) is 0 Å². The molecule has 0 saturated heterocycles. The average Bonchev–Trinajstić information content (AvgIpc) is 3.36. The molecule has 216 valence electrons. The average molecular weight is 600 g/mol. The standard InChI is InChI=1S/C24H19F6N7O3S/c1-31-22(38)19-20(35-36-21(19)34-18-10-32-17(9-33-18)24(28,29)30)13-4-7-15(37-41(39)23(26)27)16(8-13)40-11-12-2-5-14(25)6-3-12/h2-10,23,37H,11H2,1H3,(H,31,38)(H2,33,34,35,36). The quantitative estimate of drug-likeness (QED) is 0.189. The normalized spacial score (nSPS) is 12.2. The van der Waals surface area contributed by atoms with E-state index in [1.807, 2.05) is 0 Å². The monoisotopic (exact) mass is 599 g/mol. The predicted molar refractivity (Wildman–Crippen MR) is 136 cm³/mol. The molecule has 1 unspecified atom stereocenters. The lowest BCUT2D eigenvalue weighted by Crippen LogP contribution is -2.19. The van der Waals surface area contributed by atoms with Gasteiger partial charge in [0.05, 0.1) is 23.8 Å². The Hall–Kier alpha value is -4.67. The van der Waals surface area contributed by atoms with E-state index in [4.69, 9.17) is 4.74 Å². The van der Waals surface area contributed by atoms with Crippen LogP contribution in [0.1, 0.15) is 21.6 Å². The highest BCUT2D eigenvalue weighted by Crippen LogP contribution is 2.35. The molecule has 0 bridgehead atoms. The van der Waals surface area contributed by atoms with Crippen LogP contribution in [0.2, 0.25) is 0 Å². The number of benzene rings is 2. The van der Waals surface area contributed by atoms with E-state index in [1.165, 1.54) is 49.5 Å². The number of ether oxygens (including phenoxy) is 1. The van der Waals surface area contributed by atoms with Crippen molar-refractivity contribution in [2.45, 2.75) is 18.5 Å². The van der Waals surface area contributed by atoms with E-state index in [1.54, 1.807) is 0 Å². The highest BCUT2D eigenvalue weighted by atomic mass is 32.2. The fourth-order valence-corrected chi connectivity index (χ4v) is 3.90. The van der Waals surface area contributed by atoms with Crippen LogP contribution in [0, 0.1) is 5.82 Å². The van der Waals surface area contributed by atoms with E-state index < -0.39 is 40.3 Å². The largest absolute Gasteiger partial charge is 0.487 e. The minimum Gasteiger partial charge on any atom is -0.487 e. The van der Waals surface area contributed by atoms with E-state index in [9.17, 15) is 35.3 Å². The van der Waals surface area contributed by atoms with Gasteiger partial charge in [-0.2, -0.15) is 27.1 Å². The first-order chi connectivity index (χ1) is 19.5. The molecule has 0 aliphatic rings. The van der Waals surface area contributed by atoms with E-state index in [-0.39, 0.29) is 46.5 Å². The molecule has 0 spiro atoms. The van der Waals surface area contributed by atoms with Gasteiger partial charge in [-0.05, 0) is 29.8 Å². The Morgan fingerprint density at radius 1 is 1.10 bits per heavy atom. The molecule has 4 rings (SSSR count). The van der Waals surface area contributed by atoms with Crippen molar-refractivity contribution in [2.24, 2.45) is 0 Å². The molecule has 1 atom stereocenters. The van der Waals surface area contributed by atoms with Crippen LogP contribution >= 0.6 is 0 Å². The molecule has 0 radical (unpaired) electrons. The molecule has 17 heteroatoms. The van der Waals surface area contributed by atoms with Crippen molar-refractivity contribution < 1.29 is 40.1 Å². The second-order valence-electron chi connectivity index (χ2n) is 8.10. The number of anilines is 3. The number of halogens is 6. The van der Waals surface area contributed by atoms with Crippen LogP contribution in [0.15, 0.2) is 54.9 Å². The number of aromatic amines is 1. The van der Waals surface area contributed by atoms with E-state index >= 15 is 0 Å². The van der Waals surface area contributed by atoms with Crippen LogP contribution < -0.4 is 20.1 Å². The summed E-state index contributed by atoms with van der Waals surface area (Å²) < 4.78 is 97.3. The molecule has 4 N–H and O–H groups in total. The Kier molecular flexibility index (Phi) is 8.75. The Morgan fingerprint density at radius 2 is 1.83 bits per heavy atom. The van der Waals surface area contributed by atoms with Gasteiger partial charge in [0.25, 0.3) is 5.91 Å². The van der Waals surface area contributed by atoms with Gasteiger partial charge in [0.1, 0.15) is 29.6 Å². The highest BCUT2D eigenvalue weighted by molar-refractivity contribution is 7.86. The van der Waals surface area contributed by atoms with Crippen LogP contribution in [0.25, 0.3) is 11.3 Å². The van der Waals surface area contributed by atoms with Gasteiger partial charge in [-0.3, -0.25) is 14.6 Å². The minimum atomic E-state index is -4.70. The molecule has 0 aliphatic heterocycles. The van der Waals surface area contributed by atoms with Crippen LogP contribution in [-0.4, -0.2) is 43.1 Å². The lowest BCUT2D eigenvalue weighted by molar-refractivity contribution is -0.141. The third kappa shape index (κ3) is 7.10. The zero-order valence-electron chi connectivity index (χ0n) is 20.7. The smallest absolute Gasteiger partial charge is 0.434 e. The maximum absolute atomic E-state index is 13.3. The van der Waals surface area contributed by atoms with Crippen molar-refractivity contribution in [2.75, 3.05) is 17.1 Å². The molecule has 2 aromatic carbocycles. The zero-order chi connectivity index (χ0) is 29.7. The first-order valence-corrected chi connectivity index (χ1v) is 12.6. The number of hydrogen-bond donors (Lipinski definition) is 4. The topological polar surface area (TPSA) is 134 Å². The number of carbonyl (C=O) groups is 1. The third-order valence-corrected chi connectivity index (χ3v) is 6.10. The van der Waals surface area contributed by atoms with Crippen molar-refractivity contribution in [1.82, 2.24) is 25.5 Å². The number of nitrogens with one attached hydrogen (secondary N) is 4. The van der Waals surface area contributed by atoms with E-state index in [0.29, 0.717) is 11.8 Å². The third-order valence-electron chi connectivity index (χ3n) is 5.36. The summed E-state index contributed by atoms with van der Waals surface area (Å²) in [5, 5.41) is 11.7. The number of hydrogen-bond acceptors (Lipinski definition) is 7. The van der Waals surface area contributed by atoms with Gasteiger partial charge >= 0.3 is 11.9 Å². The summed E-state index contributed by atoms with van der Waals surface area (Å²) in [5.41, 5.74) is -0.434. The SMILES string of the molecule is CNC(=O)c1c(Nc2cnc(C(F)(F)F)cn2)n[nH]c1-c1ccc(NS(=O)C(F)F)c(OCc2ccc(F)cc2)c1. The molecule has 41 heavy (non-hydrogen) atoms. The first-order valence-electron chi connectivity index (χ1n) is 11.4. The lowest BCUT2D eigenvalue weighted by atomic mass is 10.1. The summed E-state index contributed by atoms with van der Waals surface area (Å²) in [5.74, 6) is -4.61. The first kappa shape index (κ1) is 29.3. The summed E-state index contributed by atoms with van der Waals surface area (Å²) in [6, 6.07) is 9.35. The van der Waals surface area contributed by atoms with Crippen LogP contribution in [-0.2, 0) is 23.8 Å². The molecule has 10 nitrogen and oxygen atoms in total. The Labute approximate surface area is 230 Å². The summed E-state index contributed by atoms with van der Waals surface area (Å²) >= 11 is 0. The van der Waals surface area contributed by atoms with Crippen molar-refractivity contribution in [3.63, 3.8) is 0 Å². The lowest BCUT2D eigenvalue weighted by Gasteiger charge is -2.15. The van der Waals surface area contributed by atoms with Crippen molar-refractivity contribution in [1.29, 1.82) is 0 Å². The predicted octanol–water partition coefficient (Wildman–Crippen LogP) is 5.01. The number of amides is 1. The molecule has 4 aromatic rings. The van der Waals surface area contributed by atoms with Crippen molar-refractivity contribution >= 4 is 34.2 Å². The molecular weight excluding hydrogens is 580 g/mol. The number of alkyl halides is 5. The molecule has 2 heterocycles. The fourth-order valence-electron chi connectivity index (χ4n) is 3.42. The molecule has 0 aliphatic carbocycles. The van der Waals surface area contributed by atoms with Gasteiger partial charge in [-0.25, -0.2) is 18.6 Å². The molecule has 0 saturated carbocycles. The molecule has 0 fully saturated rings. The summed E-state index contributed by atoms with van der Waals surface area (Å²) in [7, 11) is -1.43. The number of nitrogens with zero attached hydrogens (tertiary/aromatic N) is 3. The van der Waals surface area contributed by atoms with Crippen molar-refractivity contribution in [3.05, 3.63) is 77.5 Å². The van der Waals surface area contributed by atoms with Gasteiger partial charge in [0, 0.05) is 12.6 Å². The summed E-state index contributed by atoms with van der Waals surface area (Å²) in [6.07, 6.45) is -3.37. The van der Waals surface area contributed by atoms with E-state index in [0.717, 1.165) is 6.20 Å². The Morgan fingerprint density at radius 3 is 2.44 bits per heavy atom. The maximum atomic E-state index is 13.3. The highest BCUT2D eigenvalue weighted by Gasteiger charge is 2.33. The number of carbonyl (C=O) groups excluding carboxylic acids is 1. The van der Waals surface area contributed by atoms with Gasteiger partial charge in [0.15, 0.2) is 22.5 Å². The number of rotatable bonds is 10. The van der Waals surface area contributed by atoms with Crippen molar-refractivity contribution in [3.8, 4) is 17.0 Å². The fraction of sp³-hybridized carbons (Fsp3) is 0.167. The van der Waals surface area contributed by atoms with Gasteiger partial charge in [-0.15, -0.1) is 0 Å². The molecule has 1 amide bonds. The second kappa shape index (κ2) is 12.2. The number of aromatic nitrogens is 4. The van der Waals surface area contributed by atoms with Crippen LogP contribution in [0.4, 0.5) is 43.7 Å². The van der Waals surface area contributed by atoms with Crippen LogP contribution in [0.5, 0.6) is 5.75 Å². The van der Waals surface area contributed by atoms with E-state index in [2.05, 4.69) is 35.5 Å². The number of H-pyrrole nitrogens is 1. The summed E-state index contributed by atoms with van der Waals surface area (Å²) in [6.45, 7) is -0.121. The summed E-state index contributed by atoms with van der Waals surface area (Å²) in [4.78, 5) is 19.7. The van der Waals surface area contributed by atoms with Gasteiger partial charge in [-0.1, -0.05) is 18.2 Å². The molecule has 2 aromatic heterocycles. The van der Waals surface area contributed by atoms with Gasteiger partial charge < -0.3 is 15.4 Å². The Balaban J connectivity index is 1.69. The Bertz CT molecular complexity index is 1550. The second-order valence-corrected chi connectivity index (χ2v) is 9.25. The maximum Gasteiger partial charge on any atom is 0.434 e.